The van der Waals surface area contributed by atoms with Crippen molar-refractivity contribution in [1.82, 2.24) is 9.97 Å². The summed E-state index contributed by atoms with van der Waals surface area (Å²) in [7, 11) is 0. The molecule has 1 saturated heterocycles. The van der Waals surface area contributed by atoms with Crippen LogP contribution in [0, 0.1) is 0 Å². The lowest BCUT2D eigenvalue weighted by molar-refractivity contribution is 0.676. The van der Waals surface area contributed by atoms with E-state index in [1.165, 1.54) is 25.0 Å². The second-order valence-corrected chi connectivity index (χ2v) is 7.18. The largest absolute Gasteiger partial charge is 0.369 e. The summed E-state index contributed by atoms with van der Waals surface area (Å²) in [5.74, 6) is 3.49. The minimum atomic E-state index is 0.354. The van der Waals surface area contributed by atoms with Crippen LogP contribution in [0.2, 0.25) is 0 Å². The summed E-state index contributed by atoms with van der Waals surface area (Å²) in [4.78, 5) is 8.94. The standard InChI is InChI=1S/C13H20BrN3S/c1-9(2)13-16-11(14)7-12(17-13)15-8-10-5-3-4-6-18-10/h7,9-10H,3-6,8H2,1-2H3,(H,15,16,17). The summed E-state index contributed by atoms with van der Waals surface area (Å²) in [5, 5.41) is 4.18. The van der Waals surface area contributed by atoms with Crippen molar-refractivity contribution < 1.29 is 0 Å². The van der Waals surface area contributed by atoms with Gasteiger partial charge in [-0.25, -0.2) is 9.97 Å². The average molecular weight is 330 g/mol. The van der Waals surface area contributed by atoms with E-state index in [1.807, 2.05) is 6.07 Å². The van der Waals surface area contributed by atoms with Crippen molar-refractivity contribution in [2.24, 2.45) is 0 Å². The summed E-state index contributed by atoms with van der Waals surface area (Å²) >= 11 is 5.53. The van der Waals surface area contributed by atoms with Gasteiger partial charge in [0.2, 0.25) is 0 Å². The Labute approximate surface area is 122 Å². The molecule has 1 aromatic rings. The minimum Gasteiger partial charge on any atom is -0.369 e. The van der Waals surface area contributed by atoms with E-state index < -0.39 is 0 Å². The van der Waals surface area contributed by atoms with Crippen molar-refractivity contribution >= 4 is 33.5 Å². The molecule has 1 aliphatic heterocycles. The molecule has 2 rings (SSSR count). The molecule has 0 saturated carbocycles. The molecule has 3 nitrogen and oxygen atoms in total. The van der Waals surface area contributed by atoms with Gasteiger partial charge in [0, 0.05) is 23.8 Å². The fourth-order valence-electron chi connectivity index (χ4n) is 1.97. The van der Waals surface area contributed by atoms with Crippen molar-refractivity contribution in [2.75, 3.05) is 17.6 Å². The number of halogens is 1. The van der Waals surface area contributed by atoms with Crippen molar-refractivity contribution in [2.45, 2.75) is 44.3 Å². The highest BCUT2D eigenvalue weighted by Gasteiger charge is 2.14. The first kappa shape index (κ1) is 14.1. The summed E-state index contributed by atoms with van der Waals surface area (Å²) in [6, 6.07) is 1.96. The maximum absolute atomic E-state index is 4.56. The molecule has 5 heteroatoms. The Morgan fingerprint density at radius 1 is 1.44 bits per heavy atom. The average Bonchev–Trinajstić information content (AvgIpc) is 2.37. The monoisotopic (exact) mass is 329 g/mol. The Hall–Kier alpha value is -0.290. The van der Waals surface area contributed by atoms with Crippen LogP contribution in [-0.2, 0) is 0 Å². The maximum Gasteiger partial charge on any atom is 0.134 e. The zero-order valence-corrected chi connectivity index (χ0v) is 13.4. The Bertz CT molecular complexity index is 392. The van der Waals surface area contributed by atoms with E-state index in [0.717, 1.165) is 28.0 Å². The van der Waals surface area contributed by atoms with E-state index in [9.17, 15) is 0 Å². The molecular formula is C13H20BrN3S. The van der Waals surface area contributed by atoms with Gasteiger partial charge in [0.05, 0.1) is 0 Å². The van der Waals surface area contributed by atoms with Gasteiger partial charge in [0.15, 0.2) is 0 Å². The molecule has 1 aromatic heterocycles. The topological polar surface area (TPSA) is 37.8 Å². The van der Waals surface area contributed by atoms with E-state index in [-0.39, 0.29) is 0 Å². The molecule has 1 unspecified atom stereocenters. The number of nitrogens with one attached hydrogen (secondary N) is 1. The van der Waals surface area contributed by atoms with E-state index in [1.54, 1.807) is 0 Å². The summed E-state index contributed by atoms with van der Waals surface area (Å²) in [5.41, 5.74) is 0. The normalized spacial score (nSPS) is 20.1. The Balaban J connectivity index is 1.95. The second-order valence-electron chi connectivity index (χ2n) is 4.96. The molecule has 0 spiro atoms. The van der Waals surface area contributed by atoms with Crippen LogP contribution in [0.5, 0.6) is 0 Å². The van der Waals surface area contributed by atoms with E-state index >= 15 is 0 Å². The maximum atomic E-state index is 4.56. The molecule has 0 aliphatic carbocycles. The van der Waals surface area contributed by atoms with Gasteiger partial charge in [-0.1, -0.05) is 20.3 Å². The Morgan fingerprint density at radius 2 is 2.28 bits per heavy atom. The predicted molar refractivity (Wildman–Crippen MR) is 82.4 cm³/mol. The van der Waals surface area contributed by atoms with Crippen LogP contribution < -0.4 is 5.32 Å². The highest BCUT2D eigenvalue weighted by atomic mass is 79.9. The molecule has 1 atom stereocenters. The highest BCUT2D eigenvalue weighted by Crippen LogP contribution is 2.25. The fourth-order valence-corrected chi connectivity index (χ4v) is 3.61. The molecule has 100 valence electrons. The Kier molecular flexibility index (Phi) is 5.30. The zero-order chi connectivity index (χ0) is 13.0. The third-order valence-electron chi connectivity index (χ3n) is 3.01. The molecule has 1 aliphatic rings. The van der Waals surface area contributed by atoms with Crippen molar-refractivity contribution in [3.8, 4) is 0 Å². The molecule has 0 aromatic carbocycles. The van der Waals surface area contributed by atoms with Crippen LogP contribution in [0.15, 0.2) is 10.7 Å². The van der Waals surface area contributed by atoms with Crippen LogP contribution in [0.4, 0.5) is 5.82 Å². The summed E-state index contributed by atoms with van der Waals surface area (Å²) < 4.78 is 0.861. The lowest BCUT2D eigenvalue weighted by Gasteiger charge is -2.21. The number of rotatable bonds is 4. The van der Waals surface area contributed by atoms with Gasteiger partial charge in [0.1, 0.15) is 16.2 Å². The van der Waals surface area contributed by atoms with Gasteiger partial charge in [-0.05, 0) is 34.5 Å². The van der Waals surface area contributed by atoms with Gasteiger partial charge >= 0.3 is 0 Å². The Morgan fingerprint density at radius 3 is 2.94 bits per heavy atom. The predicted octanol–water partition coefficient (Wildman–Crippen LogP) is 4.06. The second kappa shape index (κ2) is 6.75. The minimum absolute atomic E-state index is 0.354. The first-order chi connectivity index (χ1) is 8.65. The third-order valence-corrected chi connectivity index (χ3v) is 4.82. The van der Waals surface area contributed by atoms with E-state index in [2.05, 4.69) is 56.8 Å². The lowest BCUT2D eigenvalue weighted by atomic mass is 10.2. The van der Waals surface area contributed by atoms with Crippen LogP contribution in [0.25, 0.3) is 0 Å². The molecular weight excluding hydrogens is 310 g/mol. The quantitative estimate of drug-likeness (QED) is 0.845. The lowest BCUT2D eigenvalue weighted by Crippen LogP contribution is -2.20. The van der Waals surface area contributed by atoms with Gasteiger partial charge in [-0.3, -0.25) is 0 Å². The van der Waals surface area contributed by atoms with Crippen LogP contribution in [0.3, 0.4) is 0 Å². The molecule has 1 fully saturated rings. The molecule has 1 N–H and O–H groups in total. The van der Waals surface area contributed by atoms with Gasteiger partial charge < -0.3 is 5.32 Å². The number of aromatic nitrogens is 2. The molecule has 2 heterocycles. The number of anilines is 1. The fraction of sp³-hybridized carbons (Fsp3) is 0.692. The first-order valence-corrected chi connectivity index (χ1v) is 8.39. The number of hydrogen-bond donors (Lipinski definition) is 1. The number of nitrogens with zero attached hydrogens (tertiary/aromatic N) is 2. The van der Waals surface area contributed by atoms with Crippen LogP contribution >= 0.6 is 27.7 Å². The van der Waals surface area contributed by atoms with Gasteiger partial charge in [-0.15, -0.1) is 0 Å². The van der Waals surface area contributed by atoms with Crippen LogP contribution in [-0.4, -0.2) is 27.5 Å². The SMILES string of the molecule is CC(C)c1nc(Br)cc(NCC2CCCCS2)n1. The zero-order valence-electron chi connectivity index (χ0n) is 10.9. The van der Waals surface area contributed by atoms with E-state index in [0.29, 0.717) is 5.92 Å². The number of thioether (sulfide) groups is 1. The van der Waals surface area contributed by atoms with Gasteiger partial charge in [-0.2, -0.15) is 11.8 Å². The highest BCUT2D eigenvalue weighted by molar-refractivity contribution is 9.10. The van der Waals surface area contributed by atoms with Crippen LogP contribution in [0.1, 0.15) is 44.9 Å². The molecule has 0 bridgehead atoms. The molecule has 0 radical (unpaired) electrons. The third kappa shape index (κ3) is 4.12. The van der Waals surface area contributed by atoms with Gasteiger partial charge in [0.25, 0.3) is 0 Å². The first-order valence-electron chi connectivity index (χ1n) is 6.55. The van der Waals surface area contributed by atoms with Crippen molar-refractivity contribution in [3.05, 3.63) is 16.5 Å². The summed E-state index contributed by atoms with van der Waals surface area (Å²) in [6.07, 6.45) is 4.06. The summed E-state index contributed by atoms with van der Waals surface area (Å²) in [6.45, 7) is 5.23. The van der Waals surface area contributed by atoms with Crippen molar-refractivity contribution in [1.29, 1.82) is 0 Å². The van der Waals surface area contributed by atoms with Crippen molar-refractivity contribution in [3.63, 3.8) is 0 Å². The molecule has 0 amide bonds. The smallest absolute Gasteiger partial charge is 0.134 e. The molecule has 18 heavy (non-hydrogen) atoms. The number of hydrogen-bond acceptors (Lipinski definition) is 4. The van der Waals surface area contributed by atoms with E-state index in [4.69, 9.17) is 0 Å².